The third-order valence-corrected chi connectivity index (χ3v) is 6.74. The van der Waals surface area contributed by atoms with Crippen LogP contribution in [0.15, 0.2) is 60.8 Å². The summed E-state index contributed by atoms with van der Waals surface area (Å²) in [6.07, 6.45) is 2.84. The average molecular weight is 497 g/mol. The molecule has 7 nitrogen and oxygen atoms in total. The number of para-hydroxylation sites is 1. The summed E-state index contributed by atoms with van der Waals surface area (Å²) in [6, 6.07) is 16.0. The van der Waals surface area contributed by atoms with Crippen molar-refractivity contribution in [1.29, 1.82) is 0 Å². The summed E-state index contributed by atoms with van der Waals surface area (Å²) in [7, 11) is 1.90. The van der Waals surface area contributed by atoms with Crippen LogP contribution in [-0.4, -0.2) is 30.5 Å². The molecule has 1 amide bonds. The molecule has 0 saturated carbocycles. The molecule has 0 spiro atoms. The molecule has 0 unspecified atom stereocenters. The van der Waals surface area contributed by atoms with Crippen molar-refractivity contribution in [2.45, 2.75) is 40.2 Å². The number of amides is 1. The van der Waals surface area contributed by atoms with E-state index in [-0.39, 0.29) is 11.7 Å². The second kappa shape index (κ2) is 9.97. The van der Waals surface area contributed by atoms with Gasteiger partial charge in [0.05, 0.1) is 17.1 Å². The van der Waals surface area contributed by atoms with E-state index in [1.165, 1.54) is 12.1 Å². The molecule has 5 rings (SSSR count). The Bertz CT molecular complexity index is 1590. The predicted octanol–water partition coefficient (Wildman–Crippen LogP) is 5.13. The molecule has 3 aromatic heterocycles. The van der Waals surface area contributed by atoms with Gasteiger partial charge in [-0.05, 0) is 74.7 Å². The summed E-state index contributed by atoms with van der Waals surface area (Å²) in [5, 5.41) is 13.3. The van der Waals surface area contributed by atoms with Crippen LogP contribution in [0, 0.1) is 26.6 Å². The Morgan fingerprint density at radius 3 is 2.43 bits per heavy atom. The molecular formula is C29H29FN6O. The van der Waals surface area contributed by atoms with Crippen molar-refractivity contribution in [1.82, 2.24) is 29.9 Å². The number of nitrogens with one attached hydrogen (secondary N) is 1. The Balaban J connectivity index is 1.34. The van der Waals surface area contributed by atoms with E-state index in [2.05, 4.69) is 17.3 Å². The zero-order valence-electron chi connectivity index (χ0n) is 21.4. The van der Waals surface area contributed by atoms with Gasteiger partial charge in [-0.15, -0.1) is 0 Å². The van der Waals surface area contributed by atoms with Crippen LogP contribution >= 0.6 is 0 Å². The summed E-state index contributed by atoms with van der Waals surface area (Å²) in [6.45, 7) is 6.35. The molecule has 37 heavy (non-hydrogen) atoms. The van der Waals surface area contributed by atoms with Crippen molar-refractivity contribution in [2.24, 2.45) is 7.05 Å². The maximum Gasteiger partial charge on any atom is 0.220 e. The smallest absolute Gasteiger partial charge is 0.220 e. The average Bonchev–Trinajstić information content (AvgIpc) is 3.44. The van der Waals surface area contributed by atoms with E-state index in [1.807, 2.05) is 57.4 Å². The highest BCUT2D eigenvalue weighted by molar-refractivity contribution is 5.84. The molecule has 2 aromatic carbocycles. The summed E-state index contributed by atoms with van der Waals surface area (Å²) >= 11 is 0. The Labute approximate surface area is 215 Å². The fourth-order valence-corrected chi connectivity index (χ4v) is 4.85. The topological polar surface area (TPSA) is 77.6 Å². The summed E-state index contributed by atoms with van der Waals surface area (Å²) in [4.78, 5) is 17.6. The van der Waals surface area contributed by atoms with Crippen LogP contribution in [0.2, 0.25) is 0 Å². The van der Waals surface area contributed by atoms with Gasteiger partial charge in [-0.1, -0.05) is 18.2 Å². The fraction of sp³-hybridized carbons (Fsp3) is 0.241. The molecule has 0 fully saturated rings. The molecule has 1 N–H and O–H groups in total. The first kappa shape index (κ1) is 24.4. The van der Waals surface area contributed by atoms with Crippen molar-refractivity contribution in [3.8, 4) is 16.9 Å². The maximum absolute atomic E-state index is 13.5. The van der Waals surface area contributed by atoms with E-state index in [0.29, 0.717) is 25.1 Å². The molecule has 0 aliphatic heterocycles. The first-order chi connectivity index (χ1) is 17.8. The molecule has 0 atom stereocenters. The number of carbonyl (C=O) groups is 1. The van der Waals surface area contributed by atoms with Crippen LogP contribution in [-0.2, 0) is 24.8 Å². The summed E-state index contributed by atoms with van der Waals surface area (Å²) in [5.74, 6) is -0.361. The van der Waals surface area contributed by atoms with Crippen LogP contribution in [0.25, 0.3) is 28.0 Å². The molecule has 0 aliphatic rings. The minimum Gasteiger partial charge on any atom is -0.352 e. The van der Waals surface area contributed by atoms with Crippen LogP contribution in [0.3, 0.4) is 0 Å². The zero-order valence-corrected chi connectivity index (χ0v) is 21.4. The highest BCUT2D eigenvalue weighted by Gasteiger charge is 2.17. The second-order valence-electron chi connectivity index (χ2n) is 9.28. The number of rotatable bonds is 7. The number of halogens is 1. The molecule has 0 radical (unpaired) electrons. The third kappa shape index (κ3) is 4.87. The number of aromatic nitrogens is 5. The van der Waals surface area contributed by atoms with Gasteiger partial charge in [-0.3, -0.25) is 9.48 Å². The van der Waals surface area contributed by atoms with Gasteiger partial charge in [0.25, 0.3) is 0 Å². The predicted molar refractivity (Wildman–Crippen MR) is 142 cm³/mol. The van der Waals surface area contributed by atoms with Crippen molar-refractivity contribution < 1.29 is 9.18 Å². The van der Waals surface area contributed by atoms with Gasteiger partial charge in [0, 0.05) is 48.4 Å². The molecule has 0 bridgehead atoms. The number of hydrogen-bond acceptors (Lipinski definition) is 4. The molecular weight excluding hydrogens is 467 g/mol. The first-order valence-electron chi connectivity index (χ1n) is 12.3. The number of carbonyl (C=O) groups excluding carboxylic acids is 1. The highest BCUT2D eigenvalue weighted by atomic mass is 19.1. The standard InChI is InChI=1S/C29H29FN6O/c1-18-25(19(2)32-29-27(18)20(3)33-35(29)4)14-15-26(37)31-16-22-17-36(24-8-6-5-7-9-24)34-28(22)21-10-12-23(30)13-11-21/h5-13,17H,14-16H2,1-4H3,(H,31,37). The first-order valence-corrected chi connectivity index (χ1v) is 12.3. The third-order valence-electron chi connectivity index (χ3n) is 6.74. The summed E-state index contributed by atoms with van der Waals surface area (Å²) in [5.41, 5.74) is 8.19. The quantitative estimate of drug-likeness (QED) is 0.339. The molecule has 188 valence electrons. The Morgan fingerprint density at radius 1 is 0.973 bits per heavy atom. The van der Waals surface area contributed by atoms with Gasteiger partial charge >= 0.3 is 0 Å². The van der Waals surface area contributed by atoms with E-state index < -0.39 is 0 Å². The number of nitrogens with zero attached hydrogens (tertiary/aromatic N) is 5. The van der Waals surface area contributed by atoms with Crippen LogP contribution in [0.1, 0.15) is 34.5 Å². The van der Waals surface area contributed by atoms with Gasteiger partial charge in [0.15, 0.2) is 5.65 Å². The van der Waals surface area contributed by atoms with Crippen molar-refractivity contribution >= 4 is 16.9 Å². The van der Waals surface area contributed by atoms with Gasteiger partial charge in [-0.25, -0.2) is 14.1 Å². The van der Waals surface area contributed by atoms with Gasteiger partial charge in [0.2, 0.25) is 5.91 Å². The number of benzene rings is 2. The number of aryl methyl sites for hydroxylation is 4. The SMILES string of the molecule is Cc1nc2c(c(C)nn2C)c(C)c1CCC(=O)NCc1cn(-c2ccccc2)nc1-c1ccc(F)cc1. The van der Waals surface area contributed by atoms with Crippen molar-refractivity contribution in [3.63, 3.8) is 0 Å². The minimum absolute atomic E-state index is 0.0562. The van der Waals surface area contributed by atoms with Crippen LogP contribution in [0.4, 0.5) is 4.39 Å². The lowest BCUT2D eigenvalue weighted by Gasteiger charge is -2.11. The number of hydrogen-bond donors (Lipinski definition) is 1. The van der Waals surface area contributed by atoms with E-state index in [4.69, 9.17) is 10.1 Å². The van der Waals surface area contributed by atoms with Crippen LogP contribution < -0.4 is 5.32 Å². The lowest BCUT2D eigenvalue weighted by Crippen LogP contribution is -2.23. The van der Waals surface area contributed by atoms with Gasteiger partial charge in [-0.2, -0.15) is 10.2 Å². The molecule has 8 heteroatoms. The molecule has 0 saturated heterocycles. The van der Waals surface area contributed by atoms with Gasteiger partial charge in [0.1, 0.15) is 5.82 Å². The lowest BCUT2D eigenvalue weighted by atomic mass is 9.99. The Hall–Kier alpha value is -4.33. The molecule has 5 aromatic rings. The molecule has 3 heterocycles. The van der Waals surface area contributed by atoms with Crippen molar-refractivity contribution in [3.05, 3.63) is 94.7 Å². The Kier molecular flexibility index (Phi) is 6.56. The van der Waals surface area contributed by atoms with E-state index in [9.17, 15) is 9.18 Å². The van der Waals surface area contributed by atoms with E-state index in [0.717, 1.165) is 50.4 Å². The lowest BCUT2D eigenvalue weighted by molar-refractivity contribution is -0.121. The number of pyridine rings is 1. The summed E-state index contributed by atoms with van der Waals surface area (Å²) < 4.78 is 17.1. The zero-order chi connectivity index (χ0) is 26.1. The molecule has 0 aliphatic carbocycles. The van der Waals surface area contributed by atoms with Gasteiger partial charge < -0.3 is 5.32 Å². The fourth-order valence-electron chi connectivity index (χ4n) is 4.85. The van der Waals surface area contributed by atoms with E-state index >= 15 is 0 Å². The van der Waals surface area contributed by atoms with Crippen LogP contribution in [0.5, 0.6) is 0 Å². The normalized spacial score (nSPS) is 11.3. The van der Waals surface area contributed by atoms with E-state index in [1.54, 1.807) is 21.5 Å². The highest BCUT2D eigenvalue weighted by Crippen LogP contribution is 2.27. The van der Waals surface area contributed by atoms with Crippen molar-refractivity contribution in [2.75, 3.05) is 0 Å². The number of fused-ring (bicyclic) bond motifs is 1. The minimum atomic E-state index is -0.305. The monoisotopic (exact) mass is 496 g/mol. The largest absolute Gasteiger partial charge is 0.352 e. The Morgan fingerprint density at radius 2 is 1.70 bits per heavy atom. The maximum atomic E-state index is 13.5. The second-order valence-corrected chi connectivity index (χ2v) is 9.28.